The highest BCUT2D eigenvalue weighted by atomic mass is 28.3. The third kappa shape index (κ3) is 9.94. The molecular weight excluding hydrogens is 701 g/mol. The Morgan fingerprint density at radius 3 is 2.08 bits per heavy atom. The first-order chi connectivity index (χ1) is 24.9. The number of anilines is 1. The van der Waals surface area contributed by atoms with Crippen LogP contribution < -0.4 is 4.90 Å². The minimum Gasteiger partial charge on any atom is -0.444 e. The molecule has 4 aromatic heterocycles. The zero-order valence-corrected chi connectivity index (χ0v) is 35.6. The summed E-state index contributed by atoms with van der Waals surface area (Å²) in [5.41, 5.74) is 4.71. The highest BCUT2D eigenvalue weighted by Gasteiger charge is 2.45. The van der Waals surface area contributed by atoms with Crippen LogP contribution in [-0.2, 0) is 21.3 Å². The number of nitrogens with zero attached hydrogens (tertiary/aromatic N) is 8. The number of aromatic nitrogens is 6. The molecule has 6 rings (SSSR count). The van der Waals surface area contributed by atoms with E-state index in [1.54, 1.807) is 4.68 Å². The fourth-order valence-corrected chi connectivity index (χ4v) is 8.68. The van der Waals surface area contributed by atoms with Gasteiger partial charge in [-0.2, -0.15) is 14.7 Å². The largest absolute Gasteiger partial charge is 0.444 e. The van der Waals surface area contributed by atoms with Crippen molar-refractivity contribution in [3.05, 3.63) is 48.5 Å². The molecule has 0 unspecified atom stereocenters. The summed E-state index contributed by atoms with van der Waals surface area (Å²) < 4.78 is 22.3. The van der Waals surface area contributed by atoms with Gasteiger partial charge in [0.15, 0.2) is 5.65 Å². The van der Waals surface area contributed by atoms with E-state index in [1.165, 1.54) is 0 Å². The van der Waals surface area contributed by atoms with Crippen molar-refractivity contribution in [2.45, 2.75) is 121 Å². The van der Waals surface area contributed by atoms with E-state index in [2.05, 4.69) is 61.4 Å². The Bertz CT molecular complexity index is 1820. The van der Waals surface area contributed by atoms with Gasteiger partial charge in [-0.1, -0.05) is 45.3 Å². The van der Waals surface area contributed by atoms with Crippen molar-refractivity contribution in [1.82, 2.24) is 34.3 Å². The van der Waals surface area contributed by atoms with Crippen molar-refractivity contribution < 1.29 is 19.0 Å². The van der Waals surface area contributed by atoms with Crippen molar-refractivity contribution in [3.8, 4) is 22.5 Å². The Balaban J connectivity index is 1.36. The molecule has 0 spiro atoms. The fourth-order valence-electron chi connectivity index (χ4n) is 7.17. The molecule has 288 valence electrons. The topological polar surface area (TPSA) is 112 Å². The van der Waals surface area contributed by atoms with Crippen molar-refractivity contribution in [1.29, 1.82) is 0 Å². The lowest BCUT2D eigenvalue weighted by molar-refractivity contribution is 0.00569. The van der Waals surface area contributed by atoms with E-state index >= 15 is 0 Å². The first-order valence-corrected chi connectivity index (χ1v) is 26.6. The lowest BCUT2D eigenvalue weighted by Gasteiger charge is -2.39. The van der Waals surface area contributed by atoms with E-state index in [4.69, 9.17) is 29.3 Å². The van der Waals surface area contributed by atoms with Gasteiger partial charge in [-0.3, -0.25) is 9.67 Å². The van der Waals surface area contributed by atoms with E-state index in [-0.39, 0.29) is 24.1 Å². The maximum absolute atomic E-state index is 13.3. The molecule has 2 fully saturated rings. The Morgan fingerprint density at radius 1 is 0.906 bits per heavy atom. The molecule has 0 aromatic carbocycles. The van der Waals surface area contributed by atoms with Crippen LogP contribution in [0.4, 0.5) is 10.6 Å². The number of carbonyl (C=O) groups excluding carboxylic acids is 1. The van der Waals surface area contributed by atoms with Crippen molar-refractivity contribution >= 4 is 33.7 Å². The fraction of sp³-hybridized carbons (Fsp3) is 0.615. The molecule has 3 atom stereocenters. The van der Waals surface area contributed by atoms with Gasteiger partial charge < -0.3 is 24.0 Å². The summed E-state index contributed by atoms with van der Waals surface area (Å²) >= 11 is 0. The first-order valence-electron chi connectivity index (χ1n) is 19.2. The van der Waals surface area contributed by atoms with E-state index < -0.39 is 21.7 Å². The highest BCUT2D eigenvalue weighted by molar-refractivity contribution is 6.76. The molecule has 0 saturated carbocycles. The number of aryl methyl sites for hydroxylation is 1. The number of ether oxygens (including phenoxy) is 3. The molecule has 2 aliphatic heterocycles. The van der Waals surface area contributed by atoms with Gasteiger partial charge in [-0.15, -0.1) is 0 Å². The number of piperidine rings is 1. The van der Waals surface area contributed by atoms with Crippen molar-refractivity contribution in [2.75, 3.05) is 31.6 Å². The Labute approximate surface area is 317 Å². The first kappa shape index (κ1) is 39.1. The summed E-state index contributed by atoms with van der Waals surface area (Å²) in [6, 6.07) is 10.6. The number of pyridine rings is 1. The molecule has 2 aliphatic rings. The van der Waals surface area contributed by atoms with Crippen molar-refractivity contribution in [2.24, 2.45) is 7.05 Å². The average molecular weight is 761 g/mol. The van der Waals surface area contributed by atoms with Gasteiger partial charge in [-0.05, 0) is 70.7 Å². The Morgan fingerprint density at radius 2 is 1.55 bits per heavy atom. The van der Waals surface area contributed by atoms with Gasteiger partial charge in [0.2, 0.25) is 0 Å². The highest BCUT2D eigenvalue weighted by Crippen LogP contribution is 2.44. The molecule has 6 heterocycles. The van der Waals surface area contributed by atoms with Crippen LogP contribution >= 0.6 is 0 Å². The molecular formula is C39H60N8O4Si2. The number of hydrogen-bond donors (Lipinski definition) is 0. The predicted octanol–water partition coefficient (Wildman–Crippen LogP) is 8.27. The second-order valence-electron chi connectivity index (χ2n) is 18.3. The lowest BCUT2D eigenvalue weighted by Crippen LogP contribution is -2.48. The summed E-state index contributed by atoms with van der Waals surface area (Å²) in [4.78, 5) is 27.6. The van der Waals surface area contributed by atoms with Crippen LogP contribution in [0.2, 0.25) is 51.4 Å². The quantitative estimate of drug-likeness (QED) is 0.0713. The molecule has 14 heteroatoms. The van der Waals surface area contributed by atoms with Gasteiger partial charge in [0, 0.05) is 89.7 Å². The molecule has 2 bridgehead atoms. The Kier molecular flexibility index (Phi) is 11.5. The van der Waals surface area contributed by atoms with E-state index in [0.29, 0.717) is 26.7 Å². The van der Waals surface area contributed by atoms with E-state index in [0.717, 1.165) is 77.4 Å². The number of carbonyl (C=O) groups is 1. The van der Waals surface area contributed by atoms with Crippen LogP contribution in [0.3, 0.4) is 0 Å². The molecule has 4 aromatic rings. The number of fused-ring (bicyclic) bond motifs is 3. The molecule has 1 amide bonds. The van der Waals surface area contributed by atoms with Gasteiger partial charge in [0.1, 0.15) is 30.6 Å². The van der Waals surface area contributed by atoms with E-state index in [1.807, 2.05) is 68.0 Å². The SMILES string of the molecule is Cn1ccc(-c2ccc(-c3cnn4c(N(COCC[Si](C)(C)C)COCC[Si](C)(C)C)cc([C@H]5C[C@H]6CC[C@@H](C5)N6C(=O)OC(C)(C)C)nc34)cn2)n1. The molecule has 12 nitrogen and oxygen atoms in total. The minimum absolute atomic E-state index is 0.119. The van der Waals surface area contributed by atoms with Gasteiger partial charge in [0.05, 0.1) is 11.9 Å². The molecule has 2 saturated heterocycles. The van der Waals surface area contributed by atoms with Crippen LogP contribution in [0.5, 0.6) is 0 Å². The molecule has 53 heavy (non-hydrogen) atoms. The summed E-state index contributed by atoms with van der Waals surface area (Å²) in [6.07, 6.45) is 9.10. The standard InChI is InChI=1S/C39H60N8O4Si2/c1-39(2,3)51-38(48)46-30-12-13-31(46)22-29(21-30)35-23-36(45(26-49-17-19-52(5,6)7)27-50-18-20-53(8,9)10)47-37(42-35)32(25-41-47)28-11-14-33(40-24-28)34-15-16-44(4)43-34/h11,14-16,23-25,29-31H,12-13,17-22,26-27H2,1-10H3/t29-,30+,31-. The second-order valence-corrected chi connectivity index (χ2v) is 29.6. The molecule has 0 radical (unpaired) electrons. The predicted molar refractivity (Wildman–Crippen MR) is 216 cm³/mol. The van der Waals surface area contributed by atoms with Crippen LogP contribution in [-0.4, -0.2) is 101 Å². The Hall–Kier alpha value is -3.60. The zero-order chi connectivity index (χ0) is 38.1. The normalized spacial score (nSPS) is 19.3. The number of rotatable bonds is 14. The third-order valence-electron chi connectivity index (χ3n) is 10.1. The van der Waals surface area contributed by atoms with Crippen LogP contribution in [0, 0.1) is 0 Å². The summed E-state index contributed by atoms with van der Waals surface area (Å²) in [5, 5.41) is 9.46. The molecule has 0 N–H and O–H groups in total. The molecule has 0 aliphatic carbocycles. The number of amides is 1. The second kappa shape index (κ2) is 15.6. The van der Waals surface area contributed by atoms with Crippen LogP contribution in [0.25, 0.3) is 28.2 Å². The maximum atomic E-state index is 13.3. The summed E-state index contributed by atoms with van der Waals surface area (Å²) in [7, 11) is -0.644. The zero-order valence-electron chi connectivity index (χ0n) is 33.6. The minimum atomic E-state index is -1.27. The monoisotopic (exact) mass is 760 g/mol. The van der Waals surface area contributed by atoms with Gasteiger partial charge in [0.25, 0.3) is 0 Å². The van der Waals surface area contributed by atoms with Gasteiger partial charge in [-0.25, -0.2) is 9.78 Å². The summed E-state index contributed by atoms with van der Waals surface area (Å²) in [5.74, 6) is 1.06. The van der Waals surface area contributed by atoms with Crippen LogP contribution in [0.15, 0.2) is 42.9 Å². The number of hydrogen-bond acceptors (Lipinski definition) is 9. The van der Waals surface area contributed by atoms with E-state index in [9.17, 15) is 4.79 Å². The maximum Gasteiger partial charge on any atom is 0.410 e. The third-order valence-corrected chi connectivity index (χ3v) is 13.5. The summed E-state index contributed by atoms with van der Waals surface area (Å²) in [6.45, 7) is 22.2. The van der Waals surface area contributed by atoms with Crippen molar-refractivity contribution in [3.63, 3.8) is 0 Å². The van der Waals surface area contributed by atoms with Gasteiger partial charge >= 0.3 is 6.09 Å². The smallest absolute Gasteiger partial charge is 0.410 e. The lowest BCUT2D eigenvalue weighted by atomic mass is 9.88. The van der Waals surface area contributed by atoms with Crippen LogP contribution in [0.1, 0.15) is 58.1 Å². The average Bonchev–Trinajstić information content (AvgIpc) is 3.77.